The fraction of sp³-hybridized carbons (Fsp3) is 0.364. The smallest absolute Gasteiger partial charge is 0.292 e. The maximum Gasteiger partial charge on any atom is 0.292 e. The van der Waals surface area contributed by atoms with Crippen LogP contribution in [0.25, 0.3) is 0 Å². The minimum absolute atomic E-state index is 0.0110. The number of carbonyl (C=O) groups excluding carboxylic acids is 1. The Hall–Kier alpha value is -1.82. The summed E-state index contributed by atoms with van der Waals surface area (Å²) in [6.07, 6.45) is 2.16. The maximum atomic E-state index is 11.1. The van der Waals surface area contributed by atoms with Crippen LogP contribution in [0.15, 0.2) is 12.1 Å². The average Bonchev–Trinajstić information content (AvgIpc) is 3.10. The molecule has 96 valence electrons. The number of rotatable bonds is 5. The van der Waals surface area contributed by atoms with Crippen molar-refractivity contribution in [1.82, 2.24) is 0 Å². The van der Waals surface area contributed by atoms with Gasteiger partial charge in [0.2, 0.25) is 5.91 Å². The van der Waals surface area contributed by atoms with Gasteiger partial charge in [0.25, 0.3) is 5.69 Å². The SMILES string of the molecule is NC(=O)c1cc(OCC2CC2)c(Cl)c([N+](=O)[O-])c1. The predicted octanol–water partition coefficient (Wildman–Crippen LogP) is 2.14. The van der Waals surface area contributed by atoms with Gasteiger partial charge in [-0.15, -0.1) is 0 Å². The molecule has 18 heavy (non-hydrogen) atoms. The molecular weight excluding hydrogens is 260 g/mol. The second-order valence-electron chi connectivity index (χ2n) is 4.18. The lowest BCUT2D eigenvalue weighted by molar-refractivity contribution is -0.384. The Kier molecular flexibility index (Phi) is 3.38. The summed E-state index contributed by atoms with van der Waals surface area (Å²) in [5, 5.41) is 10.7. The van der Waals surface area contributed by atoms with E-state index in [-0.39, 0.29) is 22.0 Å². The molecule has 1 aliphatic rings. The fourth-order valence-electron chi connectivity index (χ4n) is 1.46. The summed E-state index contributed by atoms with van der Waals surface area (Å²) in [4.78, 5) is 21.2. The standard InChI is InChI=1S/C11H11ClN2O4/c12-10-8(14(16)17)3-7(11(13)15)4-9(10)18-5-6-1-2-6/h3-4,6H,1-2,5H2,(H2,13,15). The molecule has 0 unspecified atom stereocenters. The molecule has 0 aliphatic heterocycles. The Balaban J connectivity index is 2.34. The molecule has 0 spiro atoms. The lowest BCUT2D eigenvalue weighted by atomic mass is 10.2. The monoisotopic (exact) mass is 270 g/mol. The number of benzene rings is 1. The number of nitrogens with two attached hydrogens (primary N) is 1. The predicted molar refractivity (Wildman–Crippen MR) is 64.8 cm³/mol. The topological polar surface area (TPSA) is 95.5 Å². The molecule has 1 amide bonds. The highest BCUT2D eigenvalue weighted by atomic mass is 35.5. The Labute approximate surface area is 108 Å². The molecule has 1 fully saturated rings. The average molecular weight is 271 g/mol. The lowest BCUT2D eigenvalue weighted by Crippen LogP contribution is -2.12. The van der Waals surface area contributed by atoms with Crippen LogP contribution in [-0.4, -0.2) is 17.4 Å². The maximum absolute atomic E-state index is 11.1. The number of ether oxygens (including phenoxy) is 1. The van der Waals surface area contributed by atoms with E-state index in [1.807, 2.05) is 0 Å². The number of nitro groups is 1. The van der Waals surface area contributed by atoms with Crippen LogP contribution >= 0.6 is 11.6 Å². The molecule has 0 saturated heterocycles. The third kappa shape index (κ3) is 2.70. The molecule has 0 aromatic heterocycles. The van der Waals surface area contributed by atoms with E-state index < -0.39 is 10.8 Å². The van der Waals surface area contributed by atoms with E-state index in [0.717, 1.165) is 18.9 Å². The van der Waals surface area contributed by atoms with E-state index in [1.165, 1.54) is 6.07 Å². The second kappa shape index (κ2) is 4.81. The Morgan fingerprint density at radius 1 is 1.56 bits per heavy atom. The van der Waals surface area contributed by atoms with Crippen LogP contribution in [0.3, 0.4) is 0 Å². The summed E-state index contributed by atoms with van der Waals surface area (Å²) in [5.74, 6) is -0.157. The molecule has 1 saturated carbocycles. The lowest BCUT2D eigenvalue weighted by Gasteiger charge is -2.08. The number of nitrogens with zero attached hydrogens (tertiary/aromatic N) is 1. The van der Waals surface area contributed by atoms with E-state index in [9.17, 15) is 14.9 Å². The zero-order valence-electron chi connectivity index (χ0n) is 9.39. The van der Waals surface area contributed by atoms with Gasteiger partial charge in [-0.05, 0) is 24.8 Å². The van der Waals surface area contributed by atoms with Gasteiger partial charge in [0, 0.05) is 11.6 Å². The fourth-order valence-corrected chi connectivity index (χ4v) is 1.69. The van der Waals surface area contributed by atoms with Gasteiger partial charge in [0.05, 0.1) is 11.5 Å². The molecule has 0 radical (unpaired) electrons. The molecule has 0 bridgehead atoms. The summed E-state index contributed by atoms with van der Waals surface area (Å²) >= 11 is 5.87. The van der Waals surface area contributed by atoms with Gasteiger partial charge < -0.3 is 10.5 Å². The molecule has 2 rings (SSSR count). The molecule has 1 aromatic rings. The quantitative estimate of drug-likeness (QED) is 0.655. The van der Waals surface area contributed by atoms with Gasteiger partial charge in [0.15, 0.2) is 5.02 Å². The van der Waals surface area contributed by atoms with Crippen molar-refractivity contribution in [1.29, 1.82) is 0 Å². The minimum Gasteiger partial charge on any atom is -0.491 e. The molecule has 1 aliphatic carbocycles. The number of amides is 1. The Morgan fingerprint density at radius 2 is 2.22 bits per heavy atom. The zero-order chi connectivity index (χ0) is 13.3. The number of primary amides is 1. The van der Waals surface area contributed by atoms with Crippen LogP contribution < -0.4 is 10.5 Å². The minimum atomic E-state index is -0.758. The van der Waals surface area contributed by atoms with E-state index >= 15 is 0 Å². The molecule has 2 N–H and O–H groups in total. The molecule has 6 nitrogen and oxygen atoms in total. The summed E-state index contributed by atoms with van der Waals surface area (Å²) in [6, 6.07) is 2.38. The molecule has 0 atom stereocenters. The van der Waals surface area contributed by atoms with Crippen LogP contribution in [-0.2, 0) is 0 Å². The molecular formula is C11H11ClN2O4. The highest BCUT2D eigenvalue weighted by Gasteiger charge is 2.25. The largest absolute Gasteiger partial charge is 0.491 e. The third-order valence-corrected chi connectivity index (χ3v) is 3.05. The van der Waals surface area contributed by atoms with Gasteiger partial charge in [-0.1, -0.05) is 11.6 Å². The number of halogens is 1. The first-order chi connectivity index (χ1) is 8.49. The number of hydrogen-bond donors (Lipinski definition) is 1. The van der Waals surface area contributed by atoms with E-state index in [1.54, 1.807) is 0 Å². The van der Waals surface area contributed by atoms with Crippen LogP contribution in [0, 0.1) is 16.0 Å². The molecule has 1 aromatic carbocycles. The van der Waals surface area contributed by atoms with Gasteiger partial charge in [-0.25, -0.2) is 0 Å². The Bertz CT molecular complexity index is 514. The normalized spacial score (nSPS) is 14.3. The van der Waals surface area contributed by atoms with Gasteiger partial charge in [-0.3, -0.25) is 14.9 Å². The van der Waals surface area contributed by atoms with E-state index in [2.05, 4.69) is 0 Å². The van der Waals surface area contributed by atoms with Crippen molar-refractivity contribution in [2.45, 2.75) is 12.8 Å². The van der Waals surface area contributed by atoms with Crippen molar-refractivity contribution >= 4 is 23.2 Å². The van der Waals surface area contributed by atoms with Gasteiger partial charge >= 0.3 is 0 Å². The number of hydrogen-bond acceptors (Lipinski definition) is 4. The van der Waals surface area contributed by atoms with Crippen LogP contribution in [0.1, 0.15) is 23.2 Å². The van der Waals surface area contributed by atoms with Crippen molar-refractivity contribution in [3.63, 3.8) is 0 Å². The first-order valence-corrected chi connectivity index (χ1v) is 5.77. The Morgan fingerprint density at radius 3 is 2.72 bits per heavy atom. The highest BCUT2D eigenvalue weighted by Crippen LogP contribution is 2.37. The van der Waals surface area contributed by atoms with Crippen LogP contribution in [0.5, 0.6) is 5.75 Å². The molecule has 7 heteroatoms. The number of nitro benzene ring substituents is 1. The second-order valence-corrected chi connectivity index (χ2v) is 4.56. The van der Waals surface area contributed by atoms with Gasteiger partial charge in [0.1, 0.15) is 5.75 Å². The van der Waals surface area contributed by atoms with Crippen molar-refractivity contribution in [2.75, 3.05) is 6.61 Å². The van der Waals surface area contributed by atoms with Crippen LogP contribution in [0.4, 0.5) is 5.69 Å². The third-order valence-electron chi connectivity index (χ3n) is 2.67. The van der Waals surface area contributed by atoms with E-state index in [4.69, 9.17) is 22.1 Å². The zero-order valence-corrected chi connectivity index (χ0v) is 10.1. The summed E-state index contributed by atoms with van der Waals surface area (Å²) < 4.78 is 5.40. The summed E-state index contributed by atoms with van der Waals surface area (Å²) in [5.41, 5.74) is 4.74. The van der Waals surface area contributed by atoms with Gasteiger partial charge in [-0.2, -0.15) is 0 Å². The number of carbonyl (C=O) groups is 1. The van der Waals surface area contributed by atoms with E-state index in [0.29, 0.717) is 12.5 Å². The molecule has 0 heterocycles. The highest BCUT2D eigenvalue weighted by molar-refractivity contribution is 6.34. The first kappa shape index (κ1) is 12.6. The van der Waals surface area contributed by atoms with Crippen molar-refractivity contribution in [3.8, 4) is 5.75 Å². The van der Waals surface area contributed by atoms with Crippen molar-refractivity contribution in [3.05, 3.63) is 32.8 Å². The first-order valence-electron chi connectivity index (χ1n) is 5.39. The van der Waals surface area contributed by atoms with Crippen molar-refractivity contribution in [2.24, 2.45) is 11.7 Å². The summed E-state index contributed by atoms with van der Waals surface area (Å²) in [6.45, 7) is 0.444. The van der Waals surface area contributed by atoms with Crippen LogP contribution in [0.2, 0.25) is 5.02 Å². The summed E-state index contributed by atoms with van der Waals surface area (Å²) in [7, 11) is 0. The van der Waals surface area contributed by atoms with Crippen molar-refractivity contribution < 1.29 is 14.5 Å².